The Bertz CT molecular complexity index is 753. The number of carbonyl (C=O) groups excluding carboxylic acids is 2. The molecule has 0 aliphatic rings. The van der Waals surface area contributed by atoms with E-state index in [1.165, 1.54) is 7.11 Å². The molecule has 0 bridgehead atoms. The molecule has 138 valence electrons. The van der Waals surface area contributed by atoms with Gasteiger partial charge in [0.25, 0.3) is 5.91 Å². The van der Waals surface area contributed by atoms with Crippen LogP contribution >= 0.6 is 0 Å². The van der Waals surface area contributed by atoms with E-state index in [4.69, 9.17) is 9.47 Å². The van der Waals surface area contributed by atoms with Crippen LogP contribution in [-0.2, 0) is 16.1 Å². The molecule has 0 radical (unpaired) electrons. The Kier molecular flexibility index (Phi) is 6.78. The van der Waals surface area contributed by atoms with Gasteiger partial charge in [0.1, 0.15) is 18.4 Å². The maximum Gasteiger partial charge on any atom is 0.329 e. The molecule has 2 aromatic rings. The monoisotopic (exact) mass is 355 g/mol. The van der Waals surface area contributed by atoms with Crippen LogP contribution in [0.25, 0.3) is 0 Å². The number of amides is 1. The van der Waals surface area contributed by atoms with Crippen LogP contribution in [0, 0.1) is 12.8 Å². The van der Waals surface area contributed by atoms with Crippen molar-refractivity contribution in [2.75, 3.05) is 7.11 Å². The van der Waals surface area contributed by atoms with Crippen LogP contribution in [-0.4, -0.2) is 25.0 Å². The summed E-state index contributed by atoms with van der Waals surface area (Å²) in [5.41, 5.74) is 2.43. The number of carbonyl (C=O) groups is 2. The molecular weight excluding hydrogens is 330 g/mol. The van der Waals surface area contributed by atoms with Crippen molar-refractivity contribution >= 4 is 11.9 Å². The molecule has 0 aliphatic carbocycles. The number of ether oxygens (including phenoxy) is 2. The highest BCUT2D eigenvalue weighted by atomic mass is 16.5. The van der Waals surface area contributed by atoms with Gasteiger partial charge in [0.2, 0.25) is 0 Å². The fraction of sp³-hybridized carbons (Fsp3) is 0.333. The van der Waals surface area contributed by atoms with E-state index in [1.54, 1.807) is 24.3 Å². The van der Waals surface area contributed by atoms with Crippen LogP contribution in [0.5, 0.6) is 5.75 Å². The number of methoxy groups -OCH3 is 1. The van der Waals surface area contributed by atoms with Gasteiger partial charge in [-0.3, -0.25) is 4.79 Å². The number of esters is 1. The van der Waals surface area contributed by atoms with Crippen LogP contribution in [0.3, 0.4) is 0 Å². The number of para-hydroxylation sites is 1. The molecule has 2 rings (SSSR count). The summed E-state index contributed by atoms with van der Waals surface area (Å²) in [4.78, 5) is 25.0. The molecule has 0 saturated heterocycles. The number of rotatable bonds is 7. The van der Waals surface area contributed by atoms with E-state index >= 15 is 0 Å². The van der Waals surface area contributed by atoms with E-state index in [1.807, 2.05) is 45.0 Å². The third-order valence-electron chi connectivity index (χ3n) is 4.06. The first kappa shape index (κ1) is 19.5. The minimum atomic E-state index is -0.738. The molecule has 0 saturated carbocycles. The second-order valence-corrected chi connectivity index (χ2v) is 6.49. The Labute approximate surface area is 154 Å². The Morgan fingerprint density at radius 2 is 1.69 bits per heavy atom. The maximum atomic E-state index is 12.6. The van der Waals surface area contributed by atoms with Gasteiger partial charge in [-0.05, 0) is 30.5 Å². The summed E-state index contributed by atoms with van der Waals surface area (Å²) in [6, 6.07) is 13.9. The topological polar surface area (TPSA) is 64.6 Å². The summed E-state index contributed by atoms with van der Waals surface area (Å²) in [7, 11) is 1.50. The molecule has 5 heteroatoms. The van der Waals surface area contributed by atoms with Crippen molar-refractivity contribution in [2.45, 2.75) is 33.4 Å². The second kappa shape index (κ2) is 9.04. The van der Waals surface area contributed by atoms with Crippen LogP contribution in [0.4, 0.5) is 0 Å². The lowest BCUT2D eigenvalue weighted by Gasteiger charge is -2.21. The summed E-state index contributed by atoms with van der Waals surface area (Å²) in [6.45, 7) is 5.89. The smallest absolute Gasteiger partial charge is 0.329 e. The molecular formula is C21H25NO4. The standard InChI is InChI=1S/C21H25NO4/c1-14(2)19(21(24)26-13-16-11-9-15(3)10-12-16)22-20(23)17-7-5-6-8-18(17)25-4/h5-12,14,19H,13H2,1-4H3,(H,22,23)/t19-/m0/s1. The quantitative estimate of drug-likeness (QED) is 0.772. The summed E-state index contributed by atoms with van der Waals surface area (Å²) in [5.74, 6) is -0.475. The molecule has 1 N–H and O–H groups in total. The molecule has 0 unspecified atom stereocenters. The average Bonchev–Trinajstić information content (AvgIpc) is 2.64. The lowest BCUT2D eigenvalue weighted by Crippen LogP contribution is -2.45. The van der Waals surface area contributed by atoms with Gasteiger partial charge < -0.3 is 14.8 Å². The van der Waals surface area contributed by atoms with Crippen LogP contribution in [0.15, 0.2) is 48.5 Å². The molecule has 2 aromatic carbocycles. The predicted octanol–water partition coefficient (Wildman–Crippen LogP) is 3.50. The van der Waals surface area contributed by atoms with E-state index in [0.29, 0.717) is 11.3 Å². The normalized spacial score (nSPS) is 11.7. The first-order valence-electron chi connectivity index (χ1n) is 8.58. The zero-order valence-corrected chi connectivity index (χ0v) is 15.6. The highest BCUT2D eigenvalue weighted by Crippen LogP contribution is 2.18. The zero-order valence-electron chi connectivity index (χ0n) is 15.6. The molecule has 0 heterocycles. The lowest BCUT2D eigenvalue weighted by molar-refractivity contribution is -0.148. The van der Waals surface area contributed by atoms with E-state index in [-0.39, 0.29) is 18.4 Å². The minimum absolute atomic E-state index is 0.112. The van der Waals surface area contributed by atoms with Crippen molar-refractivity contribution < 1.29 is 19.1 Å². The van der Waals surface area contributed by atoms with Gasteiger partial charge in [-0.1, -0.05) is 55.8 Å². The van der Waals surface area contributed by atoms with Gasteiger partial charge in [0.15, 0.2) is 0 Å². The fourth-order valence-corrected chi connectivity index (χ4v) is 2.48. The van der Waals surface area contributed by atoms with E-state index in [2.05, 4.69) is 5.32 Å². The average molecular weight is 355 g/mol. The molecule has 1 amide bonds. The van der Waals surface area contributed by atoms with Crippen molar-refractivity contribution in [1.82, 2.24) is 5.32 Å². The van der Waals surface area contributed by atoms with Crippen molar-refractivity contribution in [3.05, 3.63) is 65.2 Å². The highest BCUT2D eigenvalue weighted by molar-refractivity contribution is 5.99. The molecule has 5 nitrogen and oxygen atoms in total. The molecule has 0 aromatic heterocycles. The number of hydrogen-bond acceptors (Lipinski definition) is 4. The van der Waals surface area contributed by atoms with Crippen molar-refractivity contribution in [3.8, 4) is 5.75 Å². The molecule has 0 aliphatic heterocycles. The van der Waals surface area contributed by atoms with Gasteiger partial charge in [-0.15, -0.1) is 0 Å². The SMILES string of the molecule is COc1ccccc1C(=O)N[C@H](C(=O)OCc1ccc(C)cc1)C(C)C. The summed E-state index contributed by atoms with van der Waals surface area (Å²) < 4.78 is 10.6. The fourth-order valence-electron chi connectivity index (χ4n) is 2.48. The second-order valence-electron chi connectivity index (χ2n) is 6.49. The van der Waals surface area contributed by atoms with Crippen molar-refractivity contribution in [3.63, 3.8) is 0 Å². The van der Waals surface area contributed by atoms with Gasteiger partial charge >= 0.3 is 5.97 Å². The van der Waals surface area contributed by atoms with Crippen LogP contribution in [0.2, 0.25) is 0 Å². The lowest BCUT2D eigenvalue weighted by atomic mass is 10.0. The first-order valence-corrected chi connectivity index (χ1v) is 8.58. The third kappa shape index (κ3) is 5.09. The number of hydrogen-bond donors (Lipinski definition) is 1. The minimum Gasteiger partial charge on any atom is -0.496 e. The van der Waals surface area contributed by atoms with Gasteiger partial charge in [-0.25, -0.2) is 4.79 Å². The third-order valence-corrected chi connectivity index (χ3v) is 4.06. The van der Waals surface area contributed by atoms with Gasteiger partial charge in [0.05, 0.1) is 12.7 Å². The molecule has 0 fully saturated rings. The molecule has 0 spiro atoms. The largest absolute Gasteiger partial charge is 0.496 e. The Morgan fingerprint density at radius 1 is 1.04 bits per heavy atom. The van der Waals surface area contributed by atoms with Crippen LogP contribution in [0.1, 0.15) is 35.3 Å². The maximum absolute atomic E-state index is 12.6. The predicted molar refractivity (Wildman–Crippen MR) is 100 cm³/mol. The summed E-state index contributed by atoms with van der Waals surface area (Å²) >= 11 is 0. The number of aryl methyl sites for hydroxylation is 1. The highest BCUT2D eigenvalue weighted by Gasteiger charge is 2.27. The van der Waals surface area contributed by atoms with Gasteiger partial charge in [-0.2, -0.15) is 0 Å². The molecule has 26 heavy (non-hydrogen) atoms. The van der Waals surface area contributed by atoms with Crippen molar-refractivity contribution in [1.29, 1.82) is 0 Å². The first-order chi connectivity index (χ1) is 12.4. The van der Waals surface area contributed by atoms with E-state index in [0.717, 1.165) is 11.1 Å². The van der Waals surface area contributed by atoms with Gasteiger partial charge in [0, 0.05) is 0 Å². The van der Waals surface area contributed by atoms with E-state index in [9.17, 15) is 9.59 Å². The zero-order chi connectivity index (χ0) is 19.1. The van der Waals surface area contributed by atoms with Crippen molar-refractivity contribution in [2.24, 2.45) is 5.92 Å². The summed E-state index contributed by atoms with van der Waals surface area (Å²) in [5, 5.41) is 2.76. The number of nitrogens with one attached hydrogen (secondary N) is 1. The number of benzene rings is 2. The summed E-state index contributed by atoms with van der Waals surface area (Å²) in [6.07, 6.45) is 0. The van der Waals surface area contributed by atoms with E-state index < -0.39 is 12.0 Å². The Morgan fingerprint density at radius 3 is 2.31 bits per heavy atom. The Balaban J connectivity index is 2.04. The Hall–Kier alpha value is -2.82. The van der Waals surface area contributed by atoms with Crippen LogP contribution < -0.4 is 10.1 Å². The molecule has 1 atom stereocenters.